The third kappa shape index (κ3) is 6.57. The minimum atomic E-state index is -0.860. The number of Topliss-reactive ketones (excluding diaryl/α,β-unsaturated/α-hetero) is 1. The van der Waals surface area contributed by atoms with Crippen LogP contribution in [0.25, 0.3) is 0 Å². The zero-order valence-electron chi connectivity index (χ0n) is 20.3. The number of allylic oxidation sites excluding steroid dienone is 2. The maximum absolute atomic E-state index is 14.6. The van der Waals surface area contributed by atoms with Gasteiger partial charge in [0, 0.05) is 32.1 Å². The number of esters is 1. The molecule has 4 N–H and O–H groups in total. The highest BCUT2D eigenvalue weighted by Crippen LogP contribution is 2.19. The summed E-state index contributed by atoms with van der Waals surface area (Å²) in [5.41, 5.74) is 0.0695. The lowest BCUT2D eigenvalue weighted by Gasteiger charge is -2.36. The van der Waals surface area contributed by atoms with Crippen molar-refractivity contribution in [1.82, 2.24) is 20.2 Å². The third-order valence-corrected chi connectivity index (χ3v) is 5.36. The summed E-state index contributed by atoms with van der Waals surface area (Å²) < 4.78 is 33.3. The molecule has 1 aromatic carbocycles. The second-order valence-corrected chi connectivity index (χ2v) is 7.93. The van der Waals surface area contributed by atoms with Crippen LogP contribution >= 0.6 is 0 Å². The van der Waals surface area contributed by atoms with Gasteiger partial charge in [0.2, 0.25) is 5.84 Å². The Morgan fingerprint density at radius 2 is 1.92 bits per heavy atom. The smallest absolute Gasteiger partial charge is 0.373 e. The van der Waals surface area contributed by atoms with E-state index in [1.54, 1.807) is 25.1 Å². The van der Waals surface area contributed by atoms with Gasteiger partial charge in [0.25, 0.3) is 0 Å². The molecule has 1 aliphatic rings. The van der Waals surface area contributed by atoms with Gasteiger partial charge < -0.3 is 19.9 Å². The van der Waals surface area contributed by atoms with Crippen molar-refractivity contribution in [2.45, 2.75) is 20.4 Å². The van der Waals surface area contributed by atoms with Gasteiger partial charge in [-0.05, 0) is 19.1 Å². The van der Waals surface area contributed by atoms with Crippen LogP contribution in [0, 0.1) is 27.9 Å². The number of benzene rings is 1. The third-order valence-electron chi connectivity index (χ3n) is 5.36. The number of amidine groups is 2. The van der Waals surface area contributed by atoms with Crippen molar-refractivity contribution in [3.63, 3.8) is 0 Å². The number of nitrogens with one attached hydrogen (secondary N) is 4. The predicted molar refractivity (Wildman–Crippen MR) is 132 cm³/mol. The second-order valence-electron chi connectivity index (χ2n) is 7.93. The van der Waals surface area contributed by atoms with E-state index in [0.717, 1.165) is 6.20 Å². The molecule has 0 spiro atoms. The van der Waals surface area contributed by atoms with Crippen molar-refractivity contribution in [2.75, 3.05) is 31.1 Å². The van der Waals surface area contributed by atoms with Crippen LogP contribution in [0.5, 0.6) is 0 Å². The standard InChI is InChI=1S/C24H26F2N8O3/c1-3-37-24(36)21(29)34-9-8-33(13-20(34)28)23-17(26)12-31-22(32-23)18(27)10-19(14(2)35)30-11-15-6-4-5-7-16(15)25/h4-7,10,12,27-30H,3,8-9,11,13H2,1-2H3/b19-10-,27-18?,28-20?,29-21?. The fourth-order valence-electron chi connectivity index (χ4n) is 3.47. The topological polar surface area (TPSA) is 159 Å². The average Bonchev–Trinajstić information content (AvgIpc) is 2.87. The van der Waals surface area contributed by atoms with E-state index < -0.39 is 29.2 Å². The molecule has 3 rings (SSSR count). The van der Waals surface area contributed by atoms with Crippen LogP contribution in [0.4, 0.5) is 14.6 Å². The SMILES string of the molecule is CCOC(=O)C(=N)N1CCN(c2nc(C(=N)/C=C(\NCc3ccccc3F)C(C)=O)ncc2F)CC1=N. The van der Waals surface area contributed by atoms with Gasteiger partial charge in [-0.2, -0.15) is 0 Å². The number of hydrogen-bond donors (Lipinski definition) is 4. The molecule has 1 fully saturated rings. The van der Waals surface area contributed by atoms with Crippen molar-refractivity contribution in [2.24, 2.45) is 0 Å². The number of carbonyl (C=O) groups excluding carboxylic acids is 2. The molecule has 0 radical (unpaired) electrons. The number of hydrogen-bond acceptors (Lipinski definition) is 10. The molecule has 0 amide bonds. The van der Waals surface area contributed by atoms with Gasteiger partial charge in [-0.3, -0.25) is 21.0 Å². The number of halogens is 2. The van der Waals surface area contributed by atoms with Gasteiger partial charge in [-0.25, -0.2) is 23.5 Å². The van der Waals surface area contributed by atoms with E-state index in [2.05, 4.69) is 15.3 Å². The molecule has 11 nitrogen and oxygen atoms in total. The van der Waals surface area contributed by atoms with Crippen molar-refractivity contribution >= 4 is 35.0 Å². The number of piperazine rings is 1. The lowest BCUT2D eigenvalue weighted by molar-refractivity contribution is -0.135. The lowest BCUT2D eigenvalue weighted by atomic mass is 10.2. The maximum atomic E-state index is 14.6. The van der Waals surface area contributed by atoms with E-state index in [4.69, 9.17) is 21.0 Å². The van der Waals surface area contributed by atoms with Gasteiger partial charge in [-0.15, -0.1) is 0 Å². The minimum absolute atomic E-state index is 0.00802. The van der Waals surface area contributed by atoms with Crippen LogP contribution in [0.3, 0.4) is 0 Å². The van der Waals surface area contributed by atoms with E-state index in [0.29, 0.717) is 5.56 Å². The van der Waals surface area contributed by atoms with Gasteiger partial charge in [-0.1, -0.05) is 18.2 Å². The molecular weight excluding hydrogens is 486 g/mol. The van der Waals surface area contributed by atoms with Gasteiger partial charge in [0.1, 0.15) is 17.4 Å². The Hall–Kier alpha value is -4.55. The molecule has 2 heterocycles. The first-order valence-electron chi connectivity index (χ1n) is 11.3. The molecule has 0 unspecified atom stereocenters. The number of ether oxygens (including phenoxy) is 1. The lowest BCUT2D eigenvalue weighted by Crippen LogP contribution is -2.54. The maximum Gasteiger partial charge on any atom is 0.373 e. The summed E-state index contributed by atoms with van der Waals surface area (Å²) in [6.45, 7) is 3.01. The van der Waals surface area contributed by atoms with Crippen LogP contribution < -0.4 is 10.2 Å². The molecular formula is C24H26F2N8O3. The number of nitrogens with zero attached hydrogens (tertiary/aromatic N) is 4. The first-order valence-corrected chi connectivity index (χ1v) is 11.3. The van der Waals surface area contributed by atoms with Crippen molar-refractivity contribution < 1.29 is 23.1 Å². The molecule has 1 aliphatic heterocycles. The molecule has 0 bridgehead atoms. The Balaban J connectivity index is 1.75. The van der Waals surface area contributed by atoms with E-state index in [1.807, 2.05) is 0 Å². The second kappa shape index (κ2) is 11.9. The van der Waals surface area contributed by atoms with Gasteiger partial charge >= 0.3 is 5.97 Å². The Morgan fingerprint density at radius 1 is 1.19 bits per heavy atom. The van der Waals surface area contributed by atoms with Crippen molar-refractivity contribution in [3.05, 3.63) is 65.3 Å². The molecule has 194 valence electrons. The van der Waals surface area contributed by atoms with E-state index >= 15 is 0 Å². The number of carbonyl (C=O) groups is 2. The predicted octanol–water partition coefficient (Wildman–Crippen LogP) is 2.03. The van der Waals surface area contributed by atoms with Crippen LogP contribution in [0.15, 0.2) is 42.2 Å². The zero-order chi connectivity index (χ0) is 27.1. The van der Waals surface area contributed by atoms with E-state index in [-0.39, 0.29) is 61.7 Å². The molecule has 0 saturated carbocycles. The molecule has 37 heavy (non-hydrogen) atoms. The average molecular weight is 513 g/mol. The molecule has 2 aromatic rings. The monoisotopic (exact) mass is 512 g/mol. The normalized spacial score (nSPS) is 13.8. The Labute approximate surface area is 211 Å². The van der Waals surface area contributed by atoms with Gasteiger partial charge in [0.15, 0.2) is 23.2 Å². The quantitative estimate of drug-likeness (QED) is 0.181. The summed E-state index contributed by atoms with van der Waals surface area (Å²) in [4.78, 5) is 34.5. The largest absolute Gasteiger partial charge is 0.460 e. The Bertz CT molecular complexity index is 1280. The highest BCUT2D eigenvalue weighted by Gasteiger charge is 2.30. The Kier molecular flexibility index (Phi) is 8.72. The number of aromatic nitrogens is 2. The van der Waals surface area contributed by atoms with Crippen LogP contribution in [-0.2, 0) is 20.9 Å². The summed E-state index contributed by atoms with van der Waals surface area (Å²) in [5, 5.41) is 27.3. The van der Waals surface area contributed by atoms with Crippen LogP contribution in [0.2, 0.25) is 0 Å². The number of rotatable bonds is 8. The summed E-state index contributed by atoms with van der Waals surface area (Å²) in [5.74, 6) is -3.44. The summed E-state index contributed by atoms with van der Waals surface area (Å²) in [6, 6.07) is 6.06. The molecule has 13 heteroatoms. The number of ketones is 1. The van der Waals surface area contributed by atoms with E-state index in [1.165, 1.54) is 28.9 Å². The van der Waals surface area contributed by atoms with Crippen molar-refractivity contribution in [1.29, 1.82) is 16.2 Å². The molecule has 1 saturated heterocycles. The van der Waals surface area contributed by atoms with Crippen molar-refractivity contribution in [3.8, 4) is 0 Å². The fraction of sp³-hybridized carbons (Fsp3) is 0.292. The summed E-state index contributed by atoms with van der Waals surface area (Å²) in [6.07, 6.45) is 2.07. The fourth-order valence-corrected chi connectivity index (χ4v) is 3.47. The molecule has 0 atom stereocenters. The first kappa shape index (κ1) is 27.0. The zero-order valence-corrected chi connectivity index (χ0v) is 20.3. The summed E-state index contributed by atoms with van der Waals surface area (Å²) in [7, 11) is 0. The van der Waals surface area contributed by atoms with Gasteiger partial charge in [0.05, 0.1) is 25.0 Å². The minimum Gasteiger partial charge on any atom is -0.460 e. The van der Waals surface area contributed by atoms with Crippen LogP contribution in [0.1, 0.15) is 25.2 Å². The highest BCUT2D eigenvalue weighted by molar-refractivity contribution is 6.37. The highest BCUT2D eigenvalue weighted by atomic mass is 19.1. The Morgan fingerprint density at radius 3 is 2.57 bits per heavy atom. The first-order chi connectivity index (χ1) is 17.6. The summed E-state index contributed by atoms with van der Waals surface area (Å²) >= 11 is 0. The molecule has 1 aromatic heterocycles. The van der Waals surface area contributed by atoms with Crippen LogP contribution in [-0.4, -0.2) is 70.2 Å². The molecule has 0 aliphatic carbocycles. The number of anilines is 1. The van der Waals surface area contributed by atoms with E-state index in [9.17, 15) is 18.4 Å².